The number of rotatable bonds is 2. The Bertz CT molecular complexity index is 844. The van der Waals surface area contributed by atoms with Gasteiger partial charge in [0, 0.05) is 37.1 Å². The van der Waals surface area contributed by atoms with Crippen molar-refractivity contribution in [1.82, 2.24) is 14.8 Å². The molecule has 2 amide bonds. The van der Waals surface area contributed by atoms with Crippen LogP contribution in [-0.4, -0.2) is 52.8 Å². The molecule has 0 atom stereocenters. The first-order chi connectivity index (χ1) is 11.7. The number of thiophene rings is 1. The minimum absolute atomic E-state index is 0.00516. The van der Waals surface area contributed by atoms with Gasteiger partial charge in [-0.05, 0) is 23.6 Å². The lowest BCUT2D eigenvalue weighted by atomic mass is 10.2. The summed E-state index contributed by atoms with van der Waals surface area (Å²) >= 11 is 1.45. The van der Waals surface area contributed by atoms with Crippen LogP contribution in [-0.2, 0) is 0 Å². The normalized spacial score (nSPS) is 15.0. The van der Waals surface area contributed by atoms with E-state index in [2.05, 4.69) is 4.98 Å². The highest BCUT2D eigenvalue weighted by Gasteiger charge is 2.26. The van der Waals surface area contributed by atoms with Gasteiger partial charge in [0.05, 0.1) is 4.88 Å². The average molecular weight is 339 g/mol. The van der Waals surface area contributed by atoms with Crippen LogP contribution in [0.5, 0.6) is 0 Å². The Hall–Kier alpha value is -2.60. The molecule has 0 unspecified atom stereocenters. The summed E-state index contributed by atoms with van der Waals surface area (Å²) in [6, 6.07) is 13.5. The lowest BCUT2D eigenvalue weighted by Crippen LogP contribution is -2.50. The second kappa shape index (κ2) is 6.13. The summed E-state index contributed by atoms with van der Waals surface area (Å²) in [5, 5.41) is 2.94. The number of carbonyl (C=O) groups excluding carboxylic acids is 2. The first-order valence-electron chi connectivity index (χ1n) is 7.92. The Morgan fingerprint density at radius 2 is 1.62 bits per heavy atom. The zero-order valence-electron chi connectivity index (χ0n) is 13.1. The van der Waals surface area contributed by atoms with Gasteiger partial charge in [-0.25, -0.2) is 0 Å². The Balaban J connectivity index is 1.43. The van der Waals surface area contributed by atoms with E-state index in [1.54, 1.807) is 0 Å². The van der Waals surface area contributed by atoms with Crippen LogP contribution in [0.4, 0.5) is 0 Å². The maximum absolute atomic E-state index is 12.7. The molecule has 1 N–H and O–H groups in total. The smallest absolute Gasteiger partial charge is 0.270 e. The van der Waals surface area contributed by atoms with E-state index in [0.717, 1.165) is 15.8 Å². The third-order valence-corrected chi connectivity index (χ3v) is 5.20. The number of aromatic amines is 1. The van der Waals surface area contributed by atoms with Crippen molar-refractivity contribution in [3.05, 3.63) is 58.4 Å². The molecule has 6 heteroatoms. The van der Waals surface area contributed by atoms with Crippen molar-refractivity contribution in [3.8, 4) is 0 Å². The summed E-state index contributed by atoms with van der Waals surface area (Å²) in [7, 11) is 0. The Kier molecular flexibility index (Phi) is 3.82. The van der Waals surface area contributed by atoms with Gasteiger partial charge in [-0.2, -0.15) is 0 Å². The largest absolute Gasteiger partial charge is 0.351 e. The van der Waals surface area contributed by atoms with Gasteiger partial charge < -0.3 is 14.8 Å². The summed E-state index contributed by atoms with van der Waals surface area (Å²) in [6.07, 6.45) is 0. The number of amides is 2. The van der Waals surface area contributed by atoms with Gasteiger partial charge in [-0.1, -0.05) is 24.3 Å². The predicted molar refractivity (Wildman–Crippen MR) is 94.4 cm³/mol. The van der Waals surface area contributed by atoms with E-state index in [1.165, 1.54) is 11.3 Å². The molecule has 1 saturated heterocycles. The van der Waals surface area contributed by atoms with E-state index in [9.17, 15) is 9.59 Å². The molecule has 24 heavy (non-hydrogen) atoms. The van der Waals surface area contributed by atoms with Crippen LogP contribution in [0.25, 0.3) is 10.9 Å². The minimum atomic E-state index is -0.00516. The molecule has 2 aromatic heterocycles. The van der Waals surface area contributed by atoms with Crippen molar-refractivity contribution >= 4 is 34.1 Å². The van der Waals surface area contributed by atoms with Gasteiger partial charge in [0.2, 0.25) is 0 Å². The zero-order chi connectivity index (χ0) is 16.5. The molecule has 0 bridgehead atoms. The van der Waals surface area contributed by atoms with Gasteiger partial charge in [-0.3, -0.25) is 9.59 Å². The molecule has 122 valence electrons. The maximum atomic E-state index is 12.7. The number of hydrogen-bond donors (Lipinski definition) is 1. The van der Waals surface area contributed by atoms with E-state index in [0.29, 0.717) is 31.9 Å². The second-order valence-corrected chi connectivity index (χ2v) is 6.78. The van der Waals surface area contributed by atoms with Crippen LogP contribution in [0.1, 0.15) is 20.2 Å². The van der Waals surface area contributed by atoms with Crippen molar-refractivity contribution in [2.75, 3.05) is 26.2 Å². The molecule has 1 aromatic carbocycles. The number of piperazine rings is 1. The lowest BCUT2D eigenvalue weighted by molar-refractivity contribution is 0.0535. The fraction of sp³-hybridized carbons (Fsp3) is 0.222. The number of aromatic nitrogens is 1. The molecule has 1 aliphatic rings. The molecule has 1 aliphatic heterocycles. The van der Waals surface area contributed by atoms with Crippen molar-refractivity contribution < 1.29 is 9.59 Å². The number of hydrogen-bond acceptors (Lipinski definition) is 3. The van der Waals surface area contributed by atoms with Gasteiger partial charge in [0.25, 0.3) is 11.8 Å². The van der Waals surface area contributed by atoms with Gasteiger partial charge in [0.15, 0.2) is 0 Å². The van der Waals surface area contributed by atoms with Crippen LogP contribution in [0.3, 0.4) is 0 Å². The second-order valence-electron chi connectivity index (χ2n) is 5.83. The number of para-hydroxylation sites is 1. The average Bonchev–Trinajstić information content (AvgIpc) is 3.30. The van der Waals surface area contributed by atoms with Crippen LogP contribution in [0.2, 0.25) is 0 Å². The summed E-state index contributed by atoms with van der Waals surface area (Å²) in [6.45, 7) is 2.27. The van der Waals surface area contributed by atoms with E-state index in [-0.39, 0.29) is 11.8 Å². The molecule has 0 saturated carbocycles. The molecule has 3 aromatic rings. The predicted octanol–water partition coefficient (Wildman–Crippen LogP) is 2.83. The SMILES string of the molecule is O=C(c1cc2ccccc2[nH]1)N1CCN(C(=O)c2cccs2)CC1. The first-order valence-corrected chi connectivity index (χ1v) is 8.80. The monoisotopic (exact) mass is 339 g/mol. The number of carbonyl (C=O) groups is 2. The molecule has 1 fully saturated rings. The summed E-state index contributed by atoms with van der Waals surface area (Å²) < 4.78 is 0. The van der Waals surface area contributed by atoms with Crippen molar-refractivity contribution in [3.63, 3.8) is 0 Å². The highest BCUT2D eigenvalue weighted by atomic mass is 32.1. The van der Waals surface area contributed by atoms with E-state index >= 15 is 0 Å². The summed E-state index contributed by atoms with van der Waals surface area (Å²) in [5.74, 6) is 0.0529. The van der Waals surface area contributed by atoms with Crippen LogP contribution < -0.4 is 0 Å². The minimum Gasteiger partial charge on any atom is -0.351 e. The number of fused-ring (bicyclic) bond motifs is 1. The number of H-pyrrole nitrogens is 1. The van der Waals surface area contributed by atoms with E-state index < -0.39 is 0 Å². The molecule has 0 aliphatic carbocycles. The quantitative estimate of drug-likeness (QED) is 0.780. The Morgan fingerprint density at radius 1 is 0.917 bits per heavy atom. The summed E-state index contributed by atoms with van der Waals surface area (Å²) in [5.41, 5.74) is 1.57. The molecule has 4 rings (SSSR count). The molecular formula is C18H17N3O2S. The van der Waals surface area contributed by atoms with Crippen LogP contribution in [0.15, 0.2) is 47.8 Å². The first kappa shape index (κ1) is 15.0. The lowest BCUT2D eigenvalue weighted by Gasteiger charge is -2.34. The molecular weight excluding hydrogens is 322 g/mol. The van der Waals surface area contributed by atoms with Gasteiger partial charge in [-0.15, -0.1) is 11.3 Å². The van der Waals surface area contributed by atoms with Crippen LogP contribution >= 0.6 is 11.3 Å². The molecule has 0 radical (unpaired) electrons. The fourth-order valence-electron chi connectivity index (χ4n) is 3.03. The Labute approximate surface area is 143 Å². The van der Waals surface area contributed by atoms with Gasteiger partial charge >= 0.3 is 0 Å². The third kappa shape index (κ3) is 2.69. The van der Waals surface area contributed by atoms with Crippen molar-refractivity contribution in [1.29, 1.82) is 0 Å². The highest BCUT2D eigenvalue weighted by molar-refractivity contribution is 7.12. The Morgan fingerprint density at radius 3 is 2.29 bits per heavy atom. The number of nitrogens with zero attached hydrogens (tertiary/aromatic N) is 2. The topological polar surface area (TPSA) is 56.4 Å². The molecule has 3 heterocycles. The van der Waals surface area contributed by atoms with Crippen molar-refractivity contribution in [2.45, 2.75) is 0 Å². The fourth-order valence-corrected chi connectivity index (χ4v) is 3.72. The maximum Gasteiger partial charge on any atom is 0.270 e. The van der Waals surface area contributed by atoms with Gasteiger partial charge in [0.1, 0.15) is 5.69 Å². The number of nitrogens with one attached hydrogen (secondary N) is 1. The molecule has 0 spiro atoms. The summed E-state index contributed by atoms with van der Waals surface area (Å²) in [4.78, 5) is 32.6. The third-order valence-electron chi connectivity index (χ3n) is 4.35. The number of benzene rings is 1. The zero-order valence-corrected chi connectivity index (χ0v) is 13.9. The highest BCUT2D eigenvalue weighted by Crippen LogP contribution is 2.18. The standard InChI is InChI=1S/C18H17N3O2S/c22-17(15-12-13-4-1-2-5-14(13)19-15)20-7-9-21(10-8-20)18(23)16-6-3-11-24-16/h1-6,11-12,19H,7-10H2. The van der Waals surface area contributed by atoms with Crippen molar-refractivity contribution in [2.24, 2.45) is 0 Å². The van der Waals surface area contributed by atoms with E-state index in [4.69, 9.17) is 0 Å². The molecule has 5 nitrogen and oxygen atoms in total. The van der Waals surface area contributed by atoms with E-state index in [1.807, 2.05) is 57.6 Å². The van der Waals surface area contributed by atoms with Crippen LogP contribution in [0, 0.1) is 0 Å².